The molecule has 0 atom stereocenters. The van der Waals surface area contributed by atoms with E-state index in [1.54, 1.807) is 31.5 Å². The van der Waals surface area contributed by atoms with Crippen LogP contribution in [0, 0.1) is 0 Å². The van der Waals surface area contributed by atoms with Gasteiger partial charge >= 0.3 is 7.12 Å². The minimum atomic E-state index is -1.55. The van der Waals surface area contributed by atoms with E-state index in [1.165, 1.54) is 0 Å². The molecule has 0 saturated carbocycles. The van der Waals surface area contributed by atoms with Crippen LogP contribution in [-0.4, -0.2) is 29.3 Å². The van der Waals surface area contributed by atoms with Crippen LogP contribution >= 0.6 is 0 Å². The number of para-hydroxylation sites is 1. The van der Waals surface area contributed by atoms with Gasteiger partial charge in [0.25, 0.3) is 0 Å². The smallest absolute Gasteiger partial charge is 0.490 e. The molecule has 1 heterocycles. The van der Waals surface area contributed by atoms with Crippen LogP contribution in [-0.2, 0) is 0 Å². The van der Waals surface area contributed by atoms with Gasteiger partial charge in [-0.15, -0.1) is 0 Å². The summed E-state index contributed by atoms with van der Waals surface area (Å²) >= 11 is 0. The molecule has 2 N–H and O–H groups in total. The lowest BCUT2D eigenvalue weighted by atomic mass is 9.77. The number of aromatic nitrogens is 1. The first-order chi connectivity index (χ1) is 8.24. The molecule has 17 heavy (non-hydrogen) atoms. The summed E-state index contributed by atoms with van der Waals surface area (Å²) in [5, 5.41) is 18.6. The molecule has 0 aliphatic heterocycles. The molecule has 0 aliphatic rings. The fraction of sp³-hybridized carbons (Fsp3) is 0.0833. The maximum Gasteiger partial charge on any atom is 0.490 e. The number of ether oxygens (including phenoxy) is 1. The standard InChI is InChI=1S/C12H12BNO3/c1-17-11-7-3-2-5-9(11)12-10(13(15)16)6-4-8-14-12/h2-8,15-16H,1H3. The third-order valence-corrected chi connectivity index (χ3v) is 2.48. The van der Waals surface area contributed by atoms with Crippen LogP contribution in [0.4, 0.5) is 0 Å². The van der Waals surface area contributed by atoms with Crippen molar-refractivity contribution in [3.05, 3.63) is 42.6 Å². The largest absolute Gasteiger partial charge is 0.496 e. The quantitative estimate of drug-likeness (QED) is 0.749. The number of hydrogen-bond acceptors (Lipinski definition) is 4. The van der Waals surface area contributed by atoms with Gasteiger partial charge < -0.3 is 14.8 Å². The molecule has 2 rings (SSSR count). The maximum absolute atomic E-state index is 9.30. The number of pyridine rings is 1. The second kappa shape index (κ2) is 4.99. The van der Waals surface area contributed by atoms with Crippen LogP contribution in [0.2, 0.25) is 0 Å². The van der Waals surface area contributed by atoms with Gasteiger partial charge in [-0.2, -0.15) is 0 Å². The Balaban J connectivity index is 2.60. The molecule has 0 saturated heterocycles. The zero-order chi connectivity index (χ0) is 12.3. The summed E-state index contributed by atoms with van der Waals surface area (Å²) in [6, 6.07) is 10.6. The van der Waals surface area contributed by atoms with Gasteiger partial charge in [-0.1, -0.05) is 18.2 Å². The van der Waals surface area contributed by atoms with Crippen molar-refractivity contribution in [1.29, 1.82) is 0 Å². The Morgan fingerprint density at radius 3 is 2.59 bits per heavy atom. The molecule has 4 nitrogen and oxygen atoms in total. The number of rotatable bonds is 3. The molecule has 0 amide bonds. The predicted molar refractivity (Wildman–Crippen MR) is 66.1 cm³/mol. The lowest BCUT2D eigenvalue weighted by molar-refractivity contribution is 0.416. The molecule has 0 aliphatic carbocycles. The highest BCUT2D eigenvalue weighted by molar-refractivity contribution is 6.60. The Labute approximate surface area is 99.7 Å². The summed E-state index contributed by atoms with van der Waals surface area (Å²) in [6.45, 7) is 0. The van der Waals surface area contributed by atoms with Gasteiger partial charge in [0, 0.05) is 17.2 Å². The molecule has 1 aromatic heterocycles. The number of benzene rings is 1. The van der Waals surface area contributed by atoms with E-state index < -0.39 is 7.12 Å². The second-order valence-electron chi connectivity index (χ2n) is 3.52. The van der Waals surface area contributed by atoms with Gasteiger partial charge in [-0.05, 0) is 18.2 Å². The van der Waals surface area contributed by atoms with Crippen LogP contribution in [0.5, 0.6) is 5.75 Å². The summed E-state index contributed by atoms with van der Waals surface area (Å²) in [4.78, 5) is 4.18. The Morgan fingerprint density at radius 1 is 1.12 bits per heavy atom. The second-order valence-corrected chi connectivity index (χ2v) is 3.52. The highest BCUT2D eigenvalue weighted by atomic mass is 16.5. The van der Waals surface area contributed by atoms with Gasteiger partial charge in [0.15, 0.2) is 0 Å². The van der Waals surface area contributed by atoms with Gasteiger partial charge in [0.2, 0.25) is 0 Å². The van der Waals surface area contributed by atoms with Crippen molar-refractivity contribution in [3.8, 4) is 17.0 Å². The van der Waals surface area contributed by atoms with Gasteiger partial charge in [-0.3, -0.25) is 4.98 Å². The normalized spacial score (nSPS) is 10.1. The summed E-state index contributed by atoms with van der Waals surface area (Å²) in [6.07, 6.45) is 1.60. The van der Waals surface area contributed by atoms with Crippen LogP contribution in [0.15, 0.2) is 42.6 Å². The van der Waals surface area contributed by atoms with Gasteiger partial charge in [0.1, 0.15) is 5.75 Å². The molecule has 0 unspecified atom stereocenters. The Hall–Kier alpha value is -1.85. The molecule has 1 aromatic carbocycles. The summed E-state index contributed by atoms with van der Waals surface area (Å²) in [7, 11) is 0.0141. The average Bonchev–Trinajstić information content (AvgIpc) is 2.38. The zero-order valence-electron chi connectivity index (χ0n) is 9.37. The van der Waals surface area contributed by atoms with Crippen molar-refractivity contribution in [3.63, 3.8) is 0 Å². The third-order valence-electron chi connectivity index (χ3n) is 2.48. The van der Waals surface area contributed by atoms with E-state index >= 15 is 0 Å². The van der Waals surface area contributed by atoms with Crippen LogP contribution in [0.3, 0.4) is 0 Å². The Kier molecular flexibility index (Phi) is 3.42. The monoisotopic (exact) mass is 229 g/mol. The van der Waals surface area contributed by atoms with Gasteiger partial charge in [0.05, 0.1) is 12.8 Å². The van der Waals surface area contributed by atoms with Crippen LogP contribution < -0.4 is 10.2 Å². The van der Waals surface area contributed by atoms with Gasteiger partial charge in [-0.25, -0.2) is 0 Å². The molecule has 0 radical (unpaired) electrons. The topological polar surface area (TPSA) is 62.6 Å². The molecule has 0 bridgehead atoms. The zero-order valence-corrected chi connectivity index (χ0v) is 9.37. The molecule has 2 aromatic rings. The average molecular weight is 229 g/mol. The lowest BCUT2D eigenvalue weighted by Gasteiger charge is -2.11. The third kappa shape index (κ3) is 2.30. The van der Waals surface area contributed by atoms with E-state index in [9.17, 15) is 10.0 Å². The summed E-state index contributed by atoms with van der Waals surface area (Å²) in [5.41, 5.74) is 1.61. The maximum atomic E-state index is 9.30. The number of methoxy groups -OCH3 is 1. The van der Waals surface area contributed by atoms with Crippen molar-refractivity contribution < 1.29 is 14.8 Å². The Bertz CT molecular complexity index is 517. The first-order valence-corrected chi connectivity index (χ1v) is 5.18. The first kappa shape index (κ1) is 11.6. The highest BCUT2D eigenvalue weighted by Gasteiger charge is 2.19. The van der Waals surface area contributed by atoms with E-state index in [1.807, 2.05) is 18.2 Å². The first-order valence-electron chi connectivity index (χ1n) is 5.18. The minimum absolute atomic E-state index is 0.358. The van der Waals surface area contributed by atoms with Crippen LogP contribution in [0.25, 0.3) is 11.3 Å². The SMILES string of the molecule is COc1ccccc1-c1ncccc1B(O)O. The predicted octanol–water partition coefficient (Wildman–Crippen LogP) is 0.437. The number of hydrogen-bond donors (Lipinski definition) is 2. The van der Waals surface area contributed by atoms with Crippen molar-refractivity contribution in [2.45, 2.75) is 0 Å². The summed E-state index contributed by atoms with van der Waals surface area (Å²) < 4.78 is 5.23. The molecule has 5 heteroatoms. The minimum Gasteiger partial charge on any atom is -0.496 e. The van der Waals surface area contributed by atoms with Crippen molar-refractivity contribution in [1.82, 2.24) is 4.98 Å². The van der Waals surface area contributed by atoms with E-state index in [2.05, 4.69) is 4.98 Å². The molecular formula is C12H12BNO3. The Morgan fingerprint density at radius 2 is 1.88 bits per heavy atom. The fourth-order valence-corrected chi connectivity index (χ4v) is 1.69. The molecule has 0 fully saturated rings. The van der Waals surface area contributed by atoms with Crippen LogP contribution in [0.1, 0.15) is 0 Å². The lowest BCUT2D eigenvalue weighted by Crippen LogP contribution is -2.32. The van der Waals surface area contributed by atoms with Crippen molar-refractivity contribution in [2.24, 2.45) is 0 Å². The fourth-order valence-electron chi connectivity index (χ4n) is 1.69. The van der Waals surface area contributed by atoms with Crippen molar-refractivity contribution >= 4 is 12.6 Å². The molecule has 86 valence electrons. The van der Waals surface area contributed by atoms with E-state index in [0.717, 1.165) is 5.56 Å². The van der Waals surface area contributed by atoms with E-state index in [4.69, 9.17) is 4.74 Å². The summed E-state index contributed by atoms with van der Waals surface area (Å²) in [5.74, 6) is 0.646. The van der Waals surface area contributed by atoms with E-state index in [-0.39, 0.29) is 0 Å². The molecule has 0 spiro atoms. The van der Waals surface area contributed by atoms with E-state index in [0.29, 0.717) is 16.9 Å². The molecular weight excluding hydrogens is 217 g/mol. The van der Waals surface area contributed by atoms with Crippen molar-refractivity contribution in [2.75, 3.05) is 7.11 Å². The number of nitrogens with zero attached hydrogens (tertiary/aromatic N) is 1. The highest BCUT2D eigenvalue weighted by Crippen LogP contribution is 2.26.